The van der Waals surface area contributed by atoms with E-state index in [2.05, 4.69) is 34.9 Å². The lowest BCUT2D eigenvalue weighted by Gasteiger charge is -2.26. The number of ether oxygens (including phenoxy) is 2. The fraction of sp³-hybridized carbons (Fsp3) is 0.409. The van der Waals surface area contributed by atoms with Gasteiger partial charge in [0.25, 0.3) is 0 Å². The first-order chi connectivity index (χ1) is 13.3. The second kappa shape index (κ2) is 9.92. The van der Waals surface area contributed by atoms with Crippen molar-refractivity contribution < 1.29 is 14.3 Å². The number of amides is 1. The summed E-state index contributed by atoms with van der Waals surface area (Å²) in [5.41, 5.74) is 3.39. The number of rotatable bonds is 5. The largest absolute Gasteiger partial charge is 0.493 e. The maximum Gasteiger partial charge on any atom is 0.222 e. The van der Waals surface area contributed by atoms with Crippen LogP contribution < -0.4 is 15.4 Å². The SMILES string of the molecule is Cl.O=C(CC1COCCN1)NC(c1ccccc1)c1ccc2c(c1)CCCO2. The van der Waals surface area contributed by atoms with Crippen LogP contribution in [0.1, 0.15) is 35.6 Å². The number of hydrogen-bond acceptors (Lipinski definition) is 4. The molecule has 2 aromatic carbocycles. The molecule has 2 heterocycles. The van der Waals surface area contributed by atoms with Gasteiger partial charge < -0.3 is 20.1 Å². The second-order valence-corrected chi connectivity index (χ2v) is 7.16. The molecule has 0 spiro atoms. The summed E-state index contributed by atoms with van der Waals surface area (Å²) in [4.78, 5) is 12.7. The van der Waals surface area contributed by atoms with Crippen LogP contribution in [0.25, 0.3) is 0 Å². The summed E-state index contributed by atoms with van der Waals surface area (Å²) >= 11 is 0. The third-order valence-corrected chi connectivity index (χ3v) is 5.13. The number of fused-ring (bicyclic) bond motifs is 1. The summed E-state index contributed by atoms with van der Waals surface area (Å²) in [5, 5.41) is 6.57. The number of morpholine rings is 1. The standard InChI is InChI=1S/C22H26N2O3.ClH/c25-21(14-19-15-26-12-10-23-19)24-22(16-5-2-1-3-6-16)18-8-9-20-17(13-18)7-4-11-27-20;/h1-3,5-6,8-9,13,19,22-23H,4,7,10-12,14-15H2,(H,24,25);1H. The number of halogens is 1. The van der Waals surface area contributed by atoms with Gasteiger partial charge in [-0.1, -0.05) is 36.4 Å². The Morgan fingerprint density at radius 3 is 2.79 bits per heavy atom. The number of carbonyl (C=O) groups excluding carboxylic acids is 1. The van der Waals surface area contributed by atoms with Gasteiger partial charge in [-0.15, -0.1) is 12.4 Å². The van der Waals surface area contributed by atoms with Gasteiger partial charge in [0.1, 0.15) is 5.75 Å². The van der Waals surface area contributed by atoms with Crippen molar-refractivity contribution in [1.29, 1.82) is 0 Å². The first-order valence-corrected chi connectivity index (χ1v) is 9.70. The smallest absolute Gasteiger partial charge is 0.222 e. The van der Waals surface area contributed by atoms with E-state index in [0.717, 1.165) is 42.9 Å². The molecular formula is C22H27ClN2O3. The zero-order chi connectivity index (χ0) is 18.5. The highest BCUT2D eigenvalue weighted by Gasteiger charge is 2.22. The molecule has 2 aliphatic rings. The van der Waals surface area contributed by atoms with E-state index >= 15 is 0 Å². The first kappa shape index (κ1) is 20.6. The van der Waals surface area contributed by atoms with E-state index in [0.29, 0.717) is 19.6 Å². The molecule has 150 valence electrons. The Morgan fingerprint density at radius 2 is 2.00 bits per heavy atom. The molecule has 0 aliphatic carbocycles. The lowest BCUT2D eigenvalue weighted by atomic mass is 9.94. The fourth-order valence-corrected chi connectivity index (χ4v) is 3.76. The van der Waals surface area contributed by atoms with E-state index in [-0.39, 0.29) is 30.4 Å². The van der Waals surface area contributed by atoms with Crippen molar-refractivity contribution in [2.75, 3.05) is 26.4 Å². The minimum absolute atomic E-state index is 0. The van der Waals surface area contributed by atoms with Crippen LogP contribution in [0.2, 0.25) is 0 Å². The average molecular weight is 403 g/mol. The van der Waals surface area contributed by atoms with Crippen molar-refractivity contribution in [3.8, 4) is 5.75 Å². The minimum Gasteiger partial charge on any atom is -0.493 e. The van der Waals surface area contributed by atoms with Crippen molar-refractivity contribution in [3.63, 3.8) is 0 Å². The van der Waals surface area contributed by atoms with Gasteiger partial charge in [0, 0.05) is 19.0 Å². The minimum atomic E-state index is -0.171. The zero-order valence-electron chi connectivity index (χ0n) is 15.9. The highest BCUT2D eigenvalue weighted by atomic mass is 35.5. The Kier molecular flexibility index (Phi) is 7.31. The van der Waals surface area contributed by atoms with E-state index in [9.17, 15) is 4.79 Å². The van der Waals surface area contributed by atoms with Crippen LogP contribution >= 0.6 is 12.4 Å². The lowest BCUT2D eigenvalue weighted by molar-refractivity contribution is -0.122. The molecule has 0 aromatic heterocycles. The van der Waals surface area contributed by atoms with Gasteiger partial charge in [0.05, 0.1) is 25.9 Å². The molecule has 1 amide bonds. The molecule has 28 heavy (non-hydrogen) atoms. The van der Waals surface area contributed by atoms with Gasteiger partial charge >= 0.3 is 0 Å². The number of benzene rings is 2. The summed E-state index contributed by atoms with van der Waals surface area (Å²) < 4.78 is 11.2. The Bertz CT molecular complexity index is 779. The van der Waals surface area contributed by atoms with E-state index in [1.165, 1.54) is 5.56 Å². The van der Waals surface area contributed by atoms with Gasteiger partial charge in [-0.2, -0.15) is 0 Å². The molecule has 2 unspecified atom stereocenters. The molecule has 2 N–H and O–H groups in total. The molecular weight excluding hydrogens is 376 g/mol. The third kappa shape index (κ3) is 5.04. The molecule has 0 saturated carbocycles. The summed E-state index contributed by atoms with van der Waals surface area (Å²) in [6, 6.07) is 16.3. The summed E-state index contributed by atoms with van der Waals surface area (Å²) in [7, 11) is 0. The number of hydrogen-bond donors (Lipinski definition) is 2. The summed E-state index contributed by atoms with van der Waals surface area (Å²) in [6.45, 7) is 2.87. The number of nitrogens with one attached hydrogen (secondary N) is 2. The van der Waals surface area contributed by atoms with E-state index in [1.54, 1.807) is 0 Å². The Labute approximate surface area is 172 Å². The van der Waals surface area contributed by atoms with Crippen LogP contribution in [0.5, 0.6) is 5.75 Å². The Hall–Kier alpha value is -2.08. The summed E-state index contributed by atoms with van der Waals surface area (Å²) in [5.74, 6) is 0.993. The third-order valence-electron chi connectivity index (χ3n) is 5.13. The lowest BCUT2D eigenvalue weighted by Crippen LogP contribution is -2.44. The summed E-state index contributed by atoms with van der Waals surface area (Å²) in [6.07, 6.45) is 2.46. The van der Waals surface area contributed by atoms with Crippen molar-refractivity contribution >= 4 is 18.3 Å². The van der Waals surface area contributed by atoms with E-state index in [4.69, 9.17) is 9.47 Å². The van der Waals surface area contributed by atoms with Gasteiger partial charge in [-0.05, 0) is 41.7 Å². The Morgan fingerprint density at radius 1 is 1.14 bits per heavy atom. The van der Waals surface area contributed by atoms with E-state index in [1.807, 2.05) is 24.3 Å². The van der Waals surface area contributed by atoms with Crippen molar-refractivity contribution in [2.24, 2.45) is 0 Å². The van der Waals surface area contributed by atoms with Gasteiger partial charge in [0.2, 0.25) is 5.91 Å². The van der Waals surface area contributed by atoms with Crippen molar-refractivity contribution in [1.82, 2.24) is 10.6 Å². The second-order valence-electron chi connectivity index (χ2n) is 7.16. The predicted molar refractivity (Wildman–Crippen MR) is 111 cm³/mol. The molecule has 1 fully saturated rings. The van der Waals surface area contributed by atoms with Crippen LogP contribution in [0.15, 0.2) is 48.5 Å². The maximum absolute atomic E-state index is 12.7. The topological polar surface area (TPSA) is 59.6 Å². The van der Waals surface area contributed by atoms with E-state index < -0.39 is 0 Å². The molecule has 5 nitrogen and oxygen atoms in total. The first-order valence-electron chi connectivity index (χ1n) is 9.70. The number of carbonyl (C=O) groups is 1. The van der Waals surface area contributed by atoms with Gasteiger partial charge in [-0.25, -0.2) is 0 Å². The molecule has 0 bridgehead atoms. The normalized spacial score (nSPS) is 19.5. The predicted octanol–water partition coefficient (Wildman–Crippen LogP) is 3.02. The van der Waals surface area contributed by atoms with Crippen LogP contribution in [-0.2, 0) is 16.0 Å². The van der Waals surface area contributed by atoms with Crippen LogP contribution in [0.3, 0.4) is 0 Å². The Balaban J connectivity index is 0.00000225. The molecule has 2 atom stereocenters. The number of aryl methyl sites for hydroxylation is 1. The van der Waals surface area contributed by atoms with Crippen molar-refractivity contribution in [3.05, 3.63) is 65.2 Å². The fourth-order valence-electron chi connectivity index (χ4n) is 3.76. The highest BCUT2D eigenvalue weighted by Crippen LogP contribution is 2.30. The zero-order valence-corrected chi connectivity index (χ0v) is 16.7. The molecule has 0 radical (unpaired) electrons. The molecule has 2 aromatic rings. The van der Waals surface area contributed by atoms with Crippen LogP contribution in [0, 0.1) is 0 Å². The average Bonchev–Trinajstić information content (AvgIpc) is 2.73. The molecule has 4 rings (SSSR count). The molecule has 2 aliphatic heterocycles. The molecule has 6 heteroatoms. The van der Waals surface area contributed by atoms with Crippen LogP contribution in [0.4, 0.5) is 0 Å². The monoisotopic (exact) mass is 402 g/mol. The van der Waals surface area contributed by atoms with Crippen LogP contribution in [-0.4, -0.2) is 38.3 Å². The van der Waals surface area contributed by atoms with Gasteiger partial charge in [0.15, 0.2) is 0 Å². The van der Waals surface area contributed by atoms with Crippen molar-refractivity contribution in [2.45, 2.75) is 31.3 Å². The maximum atomic E-state index is 12.7. The van der Waals surface area contributed by atoms with Gasteiger partial charge in [-0.3, -0.25) is 4.79 Å². The molecule has 1 saturated heterocycles. The quantitative estimate of drug-likeness (QED) is 0.807. The highest BCUT2D eigenvalue weighted by molar-refractivity contribution is 5.85.